The summed E-state index contributed by atoms with van der Waals surface area (Å²) in [5, 5.41) is 3.50. The summed E-state index contributed by atoms with van der Waals surface area (Å²) in [7, 11) is 0. The van der Waals surface area contributed by atoms with Crippen LogP contribution in [0.3, 0.4) is 0 Å². The van der Waals surface area contributed by atoms with Gasteiger partial charge in [-0.05, 0) is 49.1 Å². The smallest absolute Gasteiger partial charge is 0.136 e. The Kier molecular flexibility index (Phi) is 4.20. The first-order chi connectivity index (χ1) is 10.2. The van der Waals surface area contributed by atoms with E-state index in [1.807, 2.05) is 18.2 Å². The Morgan fingerprint density at radius 3 is 2.62 bits per heavy atom. The Balaban J connectivity index is 1.75. The lowest BCUT2D eigenvalue weighted by molar-refractivity contribution is 0.200. The van der Waals surface area contributed by atoms with E-state index in [0.717, 1.165) is 12.1 Å². The zero-order valence-corrected chi connectivity index (χ0v) is 12.2. The quantitative estimate of drug-likeness (QED) is 0.866. The SMILES string of the molecule is Cc1cc(OC(CNC2CC2)c2ccccc2)ccc1F. The van der Waals surface area contributed by atoms with Crippen molar-refractivity contribution in [1.82, 2.24) is 5.32 Å². The molecule has 0 amide bonds. The maximum atomic E-state index is 13.4. The summed E-state index contributed by atoms with van der Waals surface area (Å²) in [4.78, 5) is 0. The van der Waals surface area contributed by atoms with Crippen molar-refractivity contribution in [2.45, 2.75) is 31.9 Å². The molecule has 0 heterocycles. The molecule has 110 valence electrons. The second-order valence-corrected chi connectivity index (χ2v) is 5.61. The molecule has 2 nitrogen and oxygen atoms in total. The molecule has 1 unspecified atom stereocenters. The number of aryl methyl sites for hydroxylation is 1. The largest absolute Gasteiger partial charge is 0.484 e. The van der Waals surface area contributed by atoms with Gasteiger partial charge in [0.15, 0.2) is 0 Å². The van der Waals surface area contributed by atoms with Crippen LogP contribution in [-0.2, 0) is 0 Å². The highest BCUT2D eigenvalue weighted by Gasteiger charge is 2.23. The number of rotatable bonds is 6. The van der Waals surface area contributed by atoms with Crippen molar-refractivity contribution in [2.75, 3.05) is 6.54 Å². The number of hydrogen-bond donors (Lipinski definition) is 1. The fourth-order valence-electron chi connectivity index (χ4n) is 2.31. The molecule has 3 heteroatoms. The molecule has 1 N–H and O–H groups in total. The highest BCUT2D eigenvalue weighted by molar-refractivity contribution is 5.30. The lowest BCUT2D eigenvalue weighted by atomic mass is 10.1. The highest BCUT2D eigenvalue weighted by atomic mass is 19.1. The van der Waals surface area contributed by atoms with Crippen molar-refractivity contribution in [3.63, 3.8) is 0 Å². The minimum Gasteiger partial charge on any atom is -0.484 e. The Labute approximate surface area is 125 Å². The molecule has 1 saturated carbocycles. The topological polar surface area (TPSA) is 21.3 Å². The van der Waals surface area contributed by atoms with Crippen LogP contribution in [0.25, 0.3) is 0 Å². The molecule has 2 aromatic carbocycles. The molecule has 1 aliphatic rings. The van der Waals surface area contributed by atoms with Gasteiger partial charge in [0, 0.05) is 12.6 Å². The van der Waals surface area contributed by atoms with Crippen LogP contribution in [-0.4, -0.2) is 12.6 Å². The Morgan fingerprint density at radius 2 is 1.95 bits per heavy atom. The van der Waals surface area contributed by atoms with Gasteiger partial charge in [0.1, 0.15) is 17.7 Å². The average Bonchev–Trinajstić information content (AvgIpc) is 3.32. The monoisotopic (exact) mass is 285 g/mol. The van der Waals surface area contributed by atoms with Gasteiger partial charge in [-0.25, -0.2) is 4.39 Å². The lowest BCUT2D eigenvalue weighted by Gasteiger charge is -2.20. The van der Waals surface area contributed by atoms with Crippen molar-refractivity contribution in [2.24, 2.45) is 0 Å². The standard InChI is InChI=1S/C18H20FNO/c1-13-11-16(9-10-17(13)19)21-18(12-20-15-7-8-15)14-5-3-2-4-6-14/h2-6,9-11,15,18,20H,7-8,12H2,1H3. The van der Waals surface area contributed by atoms with Crippen molar-refractivity contribution in [3.05, 3.63) is 65.5 Å². The molecule has 0 aromatic heterocycles. The van der Waals surface area contributed by atoms with E-state index in [4.69, 9.17) is 4.74 Å². The molecule has 2 aromatic rings. The van der Waals surface area contributed by atoms with Crippen LogP contribution in [0.4, 0.5) is 4.39 Å². The fraction of sp³-hybridized carbons (Fsp3) is 0.333. The number of hydrogen-bond acceptors (Lipinski definition) is 2. The van der Waals surface area contributed by atoms with E-state index in [0.29, 0.717) is 17.4 Å². The third-order valence-corrected chi connectivity index (χ3v) is 3.75. The van der Waals surface area contributed by atoms with Crippen molar-refractivity contribution >= 4 is 0 Å². The van der Waals surface area contributed by atoms with Crippen LogP contribution in [0.5, 0.6) is 5.75 Å². The summed E-state index contributed by atoms with van der Waals surface area (Å²) < 4.78 is 19.4. The van der Waals surface area contributed by atoms with E-state index < -0.39 is 0 Å². The van der Waals surface area contributed by atoms with Gasteiger partial charge in [0.2, 0.25) is 0 Å². The van der Waals surface area contributed by atoms with E-state index in [2.05, 4.69) is 17.4 Å². The summed E-state index contributed by atoms with van der Waals surface area (Å²) in [6.45, 7) is 2.52. The zero-order chi connectivity index (χ0) is 14.7. The second kappa shape index (κ2) is 6.27. The molecule has 1 fully saturated rings. The molecule has 0 radical (unpaired) electrons. The molecule has 0 aliphatic heterocycles. The first kappa shape index (κ1) is 14.1. The van der Waals surface area contributed by atoms with Crippen molar-refractivity contribution in [3.8, 4) is 5.75 Å². The van der Waals surface area contributed by atoms with Crippen LogP contribution < -0.4 is 10.1 Å². The summed E-state index contributed by atoms with van der Waals surface area (Å²) >= 11 is 0. The van der Waals surface area contributed by atoms with Crippen LogP contribution in [0.15, 0.2) is 48.5 Å². The van der Waals surface area contributed by atoms with Gasteiger partial charge in [-0.3, -0.25) is 0 Å². The highest BCUT2D eigenvalue weighted by Crippen LogP contribution is 2.25. The van der Waals surface area contributed by atoms with E-state index in [1.165, 1.54) is 18.9 Å². The van der Waals surface area contributed by atoms with Crippen molar-refractivity contribution < 1.29 is 9.13 Å². The molecular formula is C18H20FNO. The molecule has 1 atom stereocenters. The Hall–Kier alpha value is -1.87. The Bertz CT molecular complexity index is 595. The van der Waals surface area contributed by atoms with Crippen LogP contribution in [0.2, 0.25) is 0 Å². The summed E-state index contributed by atoms with van der Waals surface area (Å²) in [5.74, 6) is 0.509. The van der Waals surface area contributed by atoms with E-state index in [-0.39, 0.29) is 11.9 Å². The predicted octanol–water partition coefficient (Wildman–Crippen LogP) is 4.01. The molecule has 0 bridgehead atoms. The third kappa shape index (κ3) is 3.82. The van der Waals surface area contributed by atoms with Gasteiger partial charge < -0.3 is 10.1 Å². The predicted molar refractivity (Wildman–Crippen MR) is 82.0 cm³/mol. The summed E-state index contributed by atoms with van der Waals surface area (Å²) in [5.41, 5.74) is 1.74. The van der Waals surface area contributed by atoms with Gasteiger partial charge in [0.25, 0.3) is 0 Å². The molecule has 3 rings (SSSR count). The number of ether oxygens (including phenoxy) is 1. The molecule has 0 saturated heterocycles. The first-order valence-corrected chi connectivity index (χ1v) is 7.43. The van der Waals surface area contributed by atoms with Gasteiger partial charge >= 0.3 is 0 Å². The molecule has 1 aliphatic carbocycles. The number of nitrogens with one attached hydrogen (secondary N) is 1. The van der Waals surface area contributed by atoms with Gasteiger partial charge in [0.05, 0.1) is 0 Å². The number of benzene rings is 2. The average molecular weight is 285 g/mol. The maximum absolute atomic E-state index is 13.4. The molecule has 0 spiro atoms. The molecular weight excluding hydrogens is 265 g/mol. The van der Waals surface area contributed by atoms with Crippen LogP contribution >= 0.6 is 0 Å². The van der Waals surface area contributed by atoms with E-state index >= 15 is 0 Å². The van der Waals surface area contributed by atoms with Crippen LogP contribution in [0, 0.1) is 12.7 Å². The van der Waals surface area contributed by atoms with Crippen molar-refractivity contribution in [1.29, 1.82) is 0 Å². The first-order valence-electron chi connectivity index (χ1n) is 7.43. The van der Waals surface area contributed by atoms with Crippen LogP contribution in [0.1, 0.15) is 30.1 Å². The molecule has 21 heavy (non-hydrogen) atoms. The summed E-state index contributed by atoms with van der Waals surface area (Å²) in [6, 6.07) is 15.7. The normalized spacial score (nSPS) is 15.7. The fourth-order valence-corrected chi connectivity index (χ4v) is 2.31. The van der Waals surface area contributed by atoms with Gasteiger partial charge in [-0.1, -0.05) is 30.3 Å². The maximum Gasteiger partial charge on any atom is 0.136 e. The number of halogens is 1. The zero-order valence-electron chi connectivity index (χ0n) is 12.2. The minimum absolute atomic E-state index is 0.0586. The minimum atomic E-state index is -0.199. The van der Waals surface area contributed by atoms with Gasteiger partial charge in [-0.2, -0.15) is 0 Å². The summed E-state index contributed by atoms with van der Waals surface area (Å²) in [6.07, 6.45) is 2.44. The lowest BCUT2D eigenvalue weighted by Crippen LogP contribution is -2.26. The van der Waals surface area contributed by atoms with E-state index in [9.17, 15) is 4.39 Å². The van der Waals surface area contributed by atoms with Gasteiger partial charge in [-0.15, -0.1) is 0 Å². The van der Waals surface area contributed by atoms with E-state index in [1.54, 1.807) is 19.1 Å². The second-order valence-electron chi connectivity index (χ2n) is 5.61. The Morgan fingerprint density at radius 1 is 1.19 bits per heavy atom. The third-order valence-electron chi connectivity index (χ3n) is 3.75.